The fourth-order valence-electron chi connectivity index (χ4n) is 10.3. The molecule has 2 aromatic heterocycles. The summed E-state index contributed by atoms with van der Waals surface area (Å²) in [4.78, 5) is 10.3. The molecule has 0 atom stereocenters. The number of aryl methyl sites for hydroxylation is 1. The standard InChI is InChI=1S/C67H62N3O.Pt/c1-8-66(6,9-2)57-28-21-29-58(67(7,10-3)11-4)63(57)51-36-37-60(45(5)40-51)70-61-30-20-27-55(64(61)69-65(70)56-26-18-19-31-62(56)71)53-41-52(47-24-16-13-17-25-47)42-54(43-53)59-44-50(38-39-68-59)49-34-32-48(33-35-49)46-22-14-12-15-23-46;/h12-42,44,71H,8-11H2,1-7H3;/q-1;/i5D3;. The predicted molar refractivity (Wildman–Crippen MR) is 298 cm³/mol. The van der Waals surface area contributed by atoms with Crippen molar-refractivity contribution in [2.75, 3.05) is 0 Å². The van der Waals surface area contributed by atoms with Crippen molar-refractivity contribution in [3.63, 3.8) is 0 Å². The second-order valence-electron chi connectivity index (χ2n) is 19.4. The molecule has 1 N–H and O–H groups in total. The number of rotatable bonds is 14. The maximum atomic E-state index is 11.6. The van der Waals surface area contributed by atoms with E-state index in [4.69, 9.17) is 9.97 Å². The number of phenols is 1. The minimum absolute atomic E-state index is 0. The van der Waals surface area contributed by atoms with Gasteiger partial charge in [-0.1, -0.05) is 198 Å². The number of aromatic nitrogens is 3. The van der Waals surface area contributed by atoms with Crippen LogP contribution in [0.3, 0.4) is 0 Å². The number of phenolic OH excluding ortho intramolecular Hbond substituents is 1. The first kappa shape index (κ1) is 46.0. The zero-order chi connectivity index (χ0) is 51.8. The Balaban J connectivity index is 0.00000689. The molecule has 4 nitrogen and oxygen atoms in total. The molecule has 0 aliphatic rings. The Labute approximate surface area is 445 Å². The average molecular weight is 1120 g/mol. The summed E-state index contributed by atoms with van der Waals surface area (Å²) in [5, 5.41) is 11.6. The quantitative estimate of drug-likeness (QED) is 0.110. The van der Waals surface area contributed by atoms with Crippen LogP contribution in [0, 0.1) is 12.9 Å². The molecule has 5 heteroatoms. The molecule has 0 saturated heterocycles. The molecule has 362 valence electrons. The van der Waals surface area contributed by atoms with E-state index in [1.807, 2.05) is 83.6 Å². The van der Waals surface area contributed by atoms with Gasteiger partial charge in [0.1, 0.15) is 11.6 Å². The molecule has 0 aliphatic carbocycles. The van der Waals surface area contributed by atoms with Crippen LogP contribution in [0.4, 0.5) is 0 Å². The Morgan fingerprint density at radius 1 is 0.528 bits per heavy atom. The fourth-order valence-corrected chi connectivity index (χ4v) is 10.3. The van der Waals surface area contributed by atoms with Crippen LogP contribution < -0.4 is 0 Å². The van der Waals surface area contributed by atoms with Crippen molar-refractivity contribution in [2.24, 2.45) is 0 Å². The van der Waals surface area contributed by atoms with Crippen molar-refractivity contribution < 1.29 is 30.3 Å². The molecule has 0 fully saturated rings. The van der Waals surface area contributed by atoms with E-state index in [0.29, 0.717) is 28.1 Å². The van der Waals surface area contributed by atoms with Gasteiger partial charge in [-0.2, -0.15) is 0 Å². The molecule has 8 aromatic carbocycles. The Morgan fingerprint density at radius 3 is 1.69 bits per heavy atom. The second kappa shape index (κ2) is 20.9. The van der Waals surface area contributed by atoms with E-state index in [1.165, 1.54) is 16.7 Å². The zero-order valence-corrected chi connectivity index (χ0v) is 44.2. The zero-order valence-electron chi connectivity index (χ0n) is 44.9. The van der Waals surface area contributed by atoms with Gasteiger partial charge in [-0.25, -0.2) is 4.98 Å². The third-order valence-electron chi connectivity index (χ3n) is 15.5. The van der Waals surface area contributed by atoms with Crippen molar-refractivity contribution in [2.45, 2.75) is 84.9 Å². The minimum atomic E-state index is -2.53. The molecule has 10 rings (SSSR count). The van der Waals surface area contributed by atoms with Crippen molar-refractivity contribution in [3.8, 4) is 89.7 Å². The fraction of sp³-hybridized carbons (Fsp3) is 0.194. The molecule has 2 heterocycles. The topological polar surface area (TPSA) is 50.9 Å². The van der Waals surface area contributed by atoms with Crippen molar-refractivity contribution in [3.05, 3.63) is 217 Å². The van der Waals surface area contributed by atoms with Crippen LogP contribution in [0.2, 0.25) is 0 Å². The van der Waals surface area contributed by atoms with Gasteiger partial charge in [0.15, 0.2) is 0 Å². The molecule has 0 unspecified atom stereocenters. The normalized spacial score (nSPS) is 12.5. The van der Waals surface area contributed by atoms with Crippen LogP contribution in [0.15, 0.2) is 194 Å². The monoisotopic (exact) mass is 1120 g/mol. The molecular weight excluding hydrogens is 1060 g/mol. The number of imidazole rings is 1. The third-order valence-corrected chi connectivity index (χ3v) is 15.5. The van der Waals surface area contributed by atoms with E-state index in [1.54, 1.807) is 12.1 Å². The van der Waals surface area contributed by atoms with Gasteiger partial charge in [-0.05, 0) is 135 Å². The van der Waals surface area contributed by atoms with Crippen molar-refractivity contribution in [1.29, 1.82) is 0 Å². The summed E-state index contributed by atoms with van der Waals surface area (Å²) in [6.07, 6.45) is 5.60. The minimum Gasteiger partial charge on any atom is -0.507 e. The van der Waals surface area contributed by atoms with Gasteiger partial charge in [0.25, 0.3) is 0 Å². The van der Waals surface area contributed by atoms with Crippen LogP contribution >= 0.6 is 0 Å². The Kier molecular flexibility index (Phi) is 13.4. The van der Waals surface area contributed by atoms with E-state index in [-0.39, 0.29) is 43.2 Å². The maximum absolute atomic E-state index is 11.6. The molecule has 0 amide bonds. The molecule has 0 bridgehead atoms. The first-order valence-electron chi connectivity index (χ1n) is 26.6. The summed E-state index contributed by atoms with van der Waals surface area (Å²) >= 11 is 0. The number of benzene rings is 8. The summed E-state index contributed by atoms with van der Waals surface area (Å²) in [5.41, 5.74) is 16.3. The number of hydrogen-bond donors (Lipinski definition) is 1. The molecule has 0 saturated carbocycles. The van der Waals surface area contributed by atoms with Crippen molar-refractivity contribution >= 4 is 11.0 Å². The summed E-state index contributed by atoms with van der Waals surface area (Å²) in [5.74, 6) is 0.458. The number of nitrogens with zero attached hydrogens (tertiary/aromatic N) is 3. The number of pyridine rings is 1. The smallest absolute Gasteiger partial charge is 0.148 e. The Morgan fingerprint density at radius 2 is 1.07 bits per heavy atom. The molecule has 0 spiro atoms. The first-order chi connectivity index (χ1) is 35.8. The Bertz CT molecular complexity index is 3600. The Hall–Kier alpha value is -7.13. The SMILES string of the molecule is [2H]C([2H])([2H])c1cc(-c2c(C(C)(CC)CC)cccc2C(C)(CC)CC)ccc1-n1c(-c2ccccc2O)nc2c(-c3[c-]c(-c4cc(-c5ccc(-c6ccccc6)cc5)ccn4)cc(-c4ccccc4)c3)cccc21.[Pt]. The number of hydrogen-bond acceptors (Lipinski definition) is 3. The van der Waals surface area contributed by atoms with E-state index in [2.05, 4.69) is 151 Å². The van der Waals surface area contributed by atoms with Gasteiger partial charge < -0.3 is 5.11 Å². The van der Waals surface area contributed by atoms with Gasteiger partial charge in [-0.15, -0.1) is 23.8 Å². The van der Waals surface area contributed by atoms with E-state index in [9.17, 15) is 9.22 Å². The molecule has 0 aliphatic heterocycles. The number of para-hydroxylation sites is 2. The molecular formula is C67H62N3OPt-. The largest absolute Gasteiger partial charge is 0.507 e. The van der Waals surface area contributed by atoms with E-state index in [0.717, 1.165) is 87.0 Å². The predicted octanol–water partition coefficient (Wildman–Crippen LogP) is 18.1. The van der Waals surface area contributed by atoms with Crippen LogP contribution in [0.1, 0.15) is 88.0 Å². The first-order valence-corrected chi connectivity index (χ1v) is 25.1. The third kappa shape index (κ3) is 9.30. The van der Waals surface area contributed by atoms with E-state index < -0.39 is 6.85 Å². The molecule has 0 radical (unpaired) electrons. The van der Waals surface area contributed by atoms with Gasteiger partial charge in [0.05, 0.1) is 22.3 Å². The summed E-state index contributed by atoms with van der Waals surface area (Å²) < 4.78 is 29.6. The van der Waals surface area contributed by atoms with Gasteiger partial charge in [-0.3, -0.25) is 9.55 Å². The van der Waals surface area contributed by atoms with E-state index >= 15 is 0 Å². The number of aromatic hydroxyl groups is 1. The van der Waals surface area contributed by atoms with Gasteiger partial charge >= 0.3 is 0 Å². The van der Waals surface area contributed by atoms with Crippen molar-refractivity contribution in [1.82, 2.24) is 14.5 Å². The van der Waals surface area contributed by atoms with Crippen LogP contribution in [-0.4, -0.2) is 19.6 Å². The molecule has 10 aromatic rings. The second-order valence-corrected chi connectivity index (χ2v) is 19.4. The van der Waals surface area contributed by atoms with Crippen LogP contribution in [0.5, 0.6) is 5.75 Å². The average Bonchev–Trinajstić information content (AvgIpc) is 3.85. The van der Waals surface area contributed by atoms with Gasteiger partial charge in [0.2, 0.25) is 0 Å². The van der Waals surface area contributed by atoms with Gasteiger partial charge in [0, 0.05) is 37.1 Å². The number of fused-ring (bicyclic) bond motifs is 1. The molecule has 72 heavy (non-hydrogen) atoms. The van der Waals surface area contributed by atoms with Crippen LogP contribution in [0.25, 0.3) is 95.0 Å². The maximum Gasteiger partial charge on any atom is 0.148 e. The van der Waals surface area contributed by atoms with Crippen LogP contribution in [-0.2, 0) is 31.9 Å². The summed E-state index contributed by atoms with van der Waals surface area (Å²) in [7, 11) is 0. The summed E-state index contributed by atoms with van der Waals surface area (Å²) in [6.45, 7) is 11.1. The summed E-state index contributed by atoms with van der Waals surface area (Å²) in [6, 6.07) is 67.2.